The van der Waals surface area contributed by atoms with E-state index in [0.29, 0.717) is 12.1 Å². The van der Waals surface area contributed by atoms with E-state index in [2.05, 4.69) is 20.4 Å². The van der Waals surface area contributed by atoms with E-state index in [1.165, 1.54) is 31.8 Å². The van der Waals surface area contributed by atoms with Gasteiger partial charge in [-0.25, -0.2) is 0 Å². The molecule has 0 aliphatic heterocycles. The van der Waals surface area contributed by atoms with Gasteiger partial charge < -0.3 is 9.64 Å². The molecule has 1 spiro atoms. The minimum atomic E-state index is 0.0908. The summed E-state index contributed by atoms with van der Waals surface area (Å²) in [5.74, 6) is 0.0908. The van der Waals surface area contributed by atoms with Crippen LogP contribution in [0.2, 0.25) is 0 Å². The highest BCUT2D eigenvalue weighted by Gasteiger charge is 2.59. The highest BCUT2D eigenvalue weighted by molar-refractivity contribution is 5.87. The zero-order valence-electron chi connectivity index (χ0n) is 12.4. The van der Waals surface area contributed by atoms with Gasteiger partial charge in [0.25, 0.3) is 0 Å². The van der Waals surface area contributed by atoms with Crippen LogP contribution in [0, 0.1) is 5.41 Å². The normalized spacial score (nSPS) is 28.1. The van der Waals surface area contributed by atoms with Crippen molar-refractivity contribution in [3.8, 4) is 0 Å². The highest BCUT2D eigenvalue weighted by Crippen LogP contribution is 2.56. The lowest BCUT2D eigenvalue weighted by atomic mass is 9.60. The van der Waals surface area contributed by atoms with Crippen LogP contribution in [-0.4, -0.2) is 36.1 Å². The maximum absolute atomic E-state index is 12.1. The predicted molar refractivity (Wildman–Crippen MR) is 76.9 cm³/mol. The fourth-order valence-electron chi connectivity index (χ4n) is 4.07. The van der Waals surface area contributed by atoms with E-state index in [4.69, 9.17) is 4.74 Å². The smallest absolute Gasteiger partial charge is 0.246 e. The lowest BCUT2D eigenvalue weighted by Gasteiger charge is -2.57. The van der Waals surface area contributed by atoms with Crippen LogP contribution in [0.3, 0.4) is 0 Å². The van der Waals surface area contributed by atoms with Crippen molar-refractivity contribution < 1.29 is 9.53 Å². The Bertz CT molecular complexity index is 334. The Balaban J connectivity index is 2.14. The molecule has 108 valence electrons. The molecule has 2 aliphatic rings. The first-order chi connectivity index (χ1) is 9.19. The number of rotatable bonds is 6. The molecule has 0 bridgehead atoms. The molecule has 0 radical (unpaired) electrons. The summed E-state index contributed by atoms with van der Waals surface area (Å²) in [5, 5.41) is 0. The second-order valence-electron chi connectivity index (χ2n) is 5.87. The van der Waals surface area contributed by atoms with Crippen molar-refractivity contribution in [1.82, 2.24) is 4.90 Å². The van der Waals surface area contributed by atoms with Crippen LogP contribution in [0.25, 0.3) is 0 Å². The number of nitrogens with zero attached hydrogens (tertiary/aromatic N) is 1. The number of carbonyl (C=O) groups excluding carboxylic acids is 1. The summed E-state index contributed by atoms with van der Waals surface area (Å²) in [6, 6.07) is 0.372. The van der Waals surface area contributed by atoms with Crippen LogP contribution in [0.4, 0.5) is 0 Å². The van der Waals surface area contributed by atoms with E-state index in [9.17, 15) is 4.79 Å². The Kier molecular flexibility index (Phi) is 4.67. The first-order valence-corrected chi connectivity index (χ1v) is 7.74. The molecule has 1 amide bonds. The summed E-state index contributed by atoms with van der Waals surface area (Å²) >= 11 is 0. The quantitative estimate of drug-likeness (QED) is 0.690. The summed E-state index contributed by atoms with van der Waals surface area (Å²) < 4.78 is 5.92. The van der Waals surface area contributed by atoms with Gasteiger partial charge in [-0.3, -0.25) is 4.79 Å². The van der Waals surface area contributed by atoms with Gasteiger partial charge in [0, 0.05) is 24.6 Å². The molecule has 0 aromatic heterocycles. The van der Waals surface area contributed by atoms with E-state index in [-0.39, 0.29) is 11.3 Å². The summed E-state index contributed by atoms with van der Waals surface area (Å²) in [5.41, 5.74) is 0.240. The van der Waals surface area contributed by atoms with Crippen molar-refractivity contribution in [1.29, 1.82) is 0 Å². The lowest BCUT2D eigenvalue weighted by molar-refractivity contribution is -0.173. The van der Waals surface area contributed by atoms with Gasteiger partial charge in [0.15, 0.2) is 0 Å². The van der Waals surface area contributed by atoms with Crippen molar-refractivity contribution >= 4 is 5.91 Å². The number of amides is 1. The monoisotopic (exact) mass is 265 g/mol. The maximum Gasteiger partial charge on any atom is 0.246 e. The van der Waals surface area contributed by atoms with E-state index < -0.39 is 0 Å². The average Bonchev–Trinajstić information content (AvgIpc) is 2.92. The fraction of sp³-hybridized carbons (Fsp3) is 0.812. The van der Waals surface area contributed by atoms with Crippen molar-refractivity contribution in [2.45, 2.75) is 64.5 Å². The standard InChI is InChI=1S/C16H27NO2/c1-4-11-17(15(18)5-2)13-12-14(19-6-3)16(13)9-7-8-10-16/h5,13-14H,2,4,6-12H2,1,3H3/t13-,14+/m0/s1. The van der Waals surface area contributed by atoms with Crippen LogP contribution in [-0.2, 0) is 9.53 Å². The summed E-state index contributed by atoms with van der Waals surface area (Å²) in [7, 11) is 0. The number of ether oxygens (including phenoxy) is 1. The zero-order chi connectivity index (χ0) is 13.9. The second kappa shape index (κ2) is 6.08. The molecule has 2 saturated carbocycles. The minimum Gasteiger partial charge on any atom is -0.378 e. The molecule has 0 N–H and O–H groups in total. The molecule has 2 atom stereocenters. The molecule has 0 unspecified atom stereocenters. The van der Waals surface area contributed by atoms with E-state index >= 15 is 0 Å². The SMILES string of the molecule is C=CC(=O)N(CCC)[C@H]1C[C@@H](OCC)C12CCCC2. The third kappa shape index (κ3) is 2.45. The molecule has 3 nitrogen and oxygen atoms in total. The topological polar surface area (TPSA) is 29.5 Å². The van der Waals surface area contributed by atoms with Crippen LogP contribution >= 0.6 is 0 Å². The number of hydrogen-bond acceptors (Lipinski definition) is 2. The Labute approximate surface area is 117 Å². The molecule has 19 heavy (non-hydrogen) atoms. The second-order valence-corrected chi connectivity index (χ2v) is 5.87. The van der Waals surface area contributed by atoms with Gasteiger partial charge in [-0.1, -0.05) is 26.3 Å². The van der Waals surface area contributed by atoms with E-state index in [1.807, 2.05) is 4.90 Å². The first kappa shape index (κ1) is 14.6. The molecule has 0 aromatic rings. The van der Waals surface area contributed by atoms with Crippen LogP contribution in [0.5, 0.6) is 0 Å². The Morgan fingerprint density at radius 3 is 2.63 bits per heavy atom. The Morgan fingerprint density at radius 2 is 2.11 bits per heavy atom. The summed E-state index contributed by atoms with van der Waals surface area (Å²) in [6.45, 7) is 9.47. The summed E-state index contributed by atoms with van der Waals surface area (Å²) in [4.78, 5) is 14.2. The van der Waals surface area contributed by atoms with E-state index in [0.717, 1.165) is 26.0 Å². The van der Waals surface area contributed by atoms with Gasteiger partial charge in [-0.05, 0) is 38.7 Å². The van der Waals surface area contributed by atoms with Crippen molar-refractivity contribution in [2.75, 3.05) is 13.2 Å². The minimum absolute atomic E-state index is 0.0908. The number of hydrogen-bond donors (Lipinski definition) is 0. The molecular weight excluding hydrogens is 238 g/mol. The maximum atomic E-state index is 12.1. The molecular formula is C16H27NO2. The van der Waals surface area contributed by atoms with Crippen molar-refractivity contribution in [3.05, 3.63) is 12.7 Å². The van der Waals surface area contributed by atoms with Crippen molar-refractivity contribution in [2.24, 2.45) is 5.41 Å². The molecule has 3 heteroatoms. The molecule has 0 saturated heterocycles. The van der Waals surface area contributed by atoms with Gasteiger partial charge in [-0.15, -0.1) is 0 Å². The molecule has 0 heterocycles. The van der Waals surface area contributed by atoms with Gasteiger partial charge >= 0.3 is 0 Å². The third-order valence-corrected chi connectivity index (χ3v) is 4.94. The fourth-order valence-corrected chi connectivity index (χ4v) is 4.07. The number of carbonyl (C=O) groups is 1. The van der Waals surface area contributed by atoms with Crippen LogP contribution in [0.15, 0.2) is 12.7 Å². The van der Waals surface area contributed by atoms with Crippen LogP contribution in [0.1, 0.15) is 52.4 Å². The van der Waals surface area contributed by atoms with Crippen LogP contribution < -0.4 is 0 Å². The van der Waals surface area contributed by atoms with Gasteiger partial charge in [0.2, 0.25) is 5.91 Å². The van der Waals surface area contributed by atoms with Gasteiger partial charge in [0.05, 0.1) is 6.10 Å². The molecule has 2 fully saturated rings. The molecule has 2 rings (SSSR count). The summed E-state index contributed by atoms with van der Waals surface area (Å²) in [6.07, 6.45) is 8.83. The van der Waals surface area contributed by atoms with Gasteiger partial charge in [0.1, 0.15) is 0 Å². The predicted octanol–water partition coefficient (Wildman–Crippen LogP) is 3.15. The highest BCUT2D eigenvalue weighted by atomic mass is 16.5. The average molecular weight is 265 g/mol. The molecule has 0 aromatic carbocycles. The lowest BCUT2D eigenvalue weighted by Crippen LogP contribution is -2.64. The third-order valence-electron chi connectivity index (χ3n) is 4.94. The molecule has 2 aliphatic carbocycles. The largest absolute Gasteiger partial charge is 0.378 e. The Morgan fingerprint density at radius 1 is 1.42 bits per heavy atom. The van der Waals surface area contributed by atoms with Gasteiger partial charge in [-0.2, -0.15) is 0 Å². The first-order valence-electron chi connectivity index (χ1n) is 7.74. The van der Waals surface area contributed by atoms with Crippen molar-refractivity contribution in [3.63, 3.8) is 0 Å². The van der Waals surface area contributed by atoms with E-state index in [1.54, 1.807) is 0 Å². The Hall–Kier alpha value is -0.830. The zero-order valence-corrected chi connectivity index (χ0v) is 12.4.